The molecule has 0 saturated heterocycles. The van der Waals surface area contributed by atoms with E-state index in [1.54, 1.807) is 11.3 Å². The molecule has 0 atom stereocenters. The number of halogens is 3. The quantitative estimate of drug-likeness (QED) is 0.165. The number of thiophene rings is 2. The number of hydrogen-bond donors (Lipinski definition) is 0. The van der Waals surface area contributed by atoms with Crippen molar-refractivity contribution >= 4 is 327 Å². The molecule has 0 aliphatic carbocycles. The van der Waals surface area contributed by atoms with Gasteiger partial charge < -0.3 is 17.8 Å². The van der Waals surface area contributed by atoms with Crippen LogP contribution in [0.5, 0.6) is 0 Å². The largest absolute Gasteiger partial charge is 0.454 e. The molecule has 0 saturated carbocycles. The summed E-state index contributed by atoms with van der Waals surface area (Å²) in [5.74, 6) is 1.15. The Labute approximate surface area is 832 Å². The van der Waals surface area contributed by atoms with Gasteiger partial charge in [0, 0.05) is 106 Å². The van der Waals surface area contributed by atoms with Gasteiger partial charge in [0.2, 0.25) is 5.71 Å². The smallest absolute Gasteiger partial charge is 0.247 e. The van der Waals surface area contributed by atoms with Crippen LogP contribution in [-0.2, 0) is 0 Å². The predicted molar refractivity (Wildman–Crippen MR) is 600 cm³/mol. The maximum atomic E-state index is 7.16. The fourth-order valence-corrected chi connectivity index (χ4v) is 26.1. The summed E-state index contributed by atoms with van der Waals surface area (Å²) in [5.41, 5.74) is 19.3. The number of aromatic nitrogens is 9. The second kappa shape index (κ2) is 30.8. The molecular formula is C126H66Cl3N9O3S2. The van der Waals surface area contributed by atoms with E-state index < -0.39 is 0 Å². The Morgan fingerprint density at radius 3 is 1.34 bits per heavy atom. The summed E-state index contributed by atoms with van der Waals surface area (Å²) in [6, 6.07) is 141. The van der Waals surface area contributed by atoms with Gasteiger partial charge in [-0.15, -0.1) is 22.7 Å². The second-order valence-electron chi connectivity index (χ2n) is 36.8. The minimum atomic E-state index is 0.312. The lowest BCUT2D eigenvalue weighted by Crippen LogP contribution is -2.01. The highest BCUT2D eigenvalue weighted by molar-refractivity contribution is 7.27. The van der Waals surface area contributed by atoms with E-state index in [2.05, 4.69) is 335 Å². The first kappa shape index (κ1) is 80.5. The Morgan fingerprint density at radius 1 is 0.231 bits per heavy atom. The van der Waals surface area contributed by atoms with Gasteiger partial charge in [-0.25, -0.2) is 24.9 Å². The maximum absolute atomic E-state index is 7.16. The molecule has 11 aromatic heterocycles. The Balaban J connectivity index is 0.0000000995. The SMILES string of the molecule is Clc1nc2ccc(-c3ccccc3)cc2nc1-n1c2ccc3ccccc3c2c2c3ccccc3c3c4cc5ccccc5cc4oc3c21.Clc1nc2ccccc2nc1-n1c2ccccc2c2c3ccccc3c3c4cc5ccccc5cc4oc3c21.Clc1nc2oc3ccccc3c2nc1-c1cc(-n2c3ccccc3c3c4ccccc4c4c5cc6ccccc6cc5sc4c32)cc2sc3ccccc3c12. The number of para-hydroxylation sites is 5. The zero-order valence-electron chi connectivity index (χ0n) is 75.3. The summed E-state index contributed by atoms with van der Waals surface area (Å²) in [5, 5.41) is 34.7. The van der Waals surface area contributed by atoms with Gasteiger partial charge in [-0.3, -0.25) is 9.13 Å². The number of benzene rings is 22. The average molecular weight is 1920 g/mol. The third-order valence-corrected chi connectivity index (χ3v) is 32.2. The van der Waals surface area contributed by atoms with Crippen LogP contribution in [0.2, 0.25) is 15.5 Å². The Morgan fingerprint density at radius 2 is 0.699 bits per heavy atom. The van der Waals surface area contributed by atoms with Crippen molar-refractivity contribution in [3.63, 3.8) is 0 Å². The molecular weight excluding hydrogens is 1860 g/mol. The van der Waals surface area contributed by atoms with Crippen molar-refractivity contribution in [1.82, 2.24) is 43.6 Å². The number of hydrogen-bond acceptors (Lipinski definition) is 11. The van der Waals surface area contributed by atoms with Crippen molar-refractivity contribution in [2.45, 2.75) is 0 Å². The van der Waals surface area contributed by atoms with Crippen molar-refractivity contribution in [3.05, 3.63) is 416 Å². The van der Waals surface area contributed by atoms with Crippen LogP contribution in [0.3, 0.4) is 0 Å². The van der Waals surface area contributed by atoms with E-state index in [0.29, 0.717) is 44.0 Å². The molecule has 666 valence electrons. The summed E-state index contributed by atoms with van der Waals surface area (Å²) in [6.07, 6.45) is 0. The van der Waals surface area contributed by atoms with Crippen molar-refractivity contribution in [2.75, 3.05) is 0 Å². The van der Waals surface area contributed by atoms with E-state index in [-0.39, 0.29) is 0 Å². The minimum Gasteiger partial charge on any atom is -0.454 e. The normalized spacial score (nSPS) is 12.3. The van der Waals surface area contributed by atoms with E-state index >= 15 is 0 Å². The van der Waals surface area contributed by atoms with Gasteiger partial charge in [0.15, 0.2) is 38.3 Å². The highest BCUT2D eigenvalue weighted by atomic mass is 35.5. The molecule has 0 fully saturated rings. The van der Waals surface area contributed by atoms with Gasteiger partial charge in [-0.05, 0) is 196 Å². The molecule has 12 nitrogen and oxygen atoms in total. The highest BCUT2D eigenvalue weighted by Crippen LogP contribution is 2.55. The molecule has 0 radical (unpaired) electrons. The molecule has 0 unspecified atom stereocenters. The topological polar surface area (TPSA) is 132 Å². The molecule has 22 aromatic carbocycles. The first-order valence-corrected chi connectivity index (χ1v) is 50.2. The van der Waals surface area contributed by atoms with Crippen LogP contribution in [-0.4, -0.2) is 43.6 Å². The molecule has 0 bridgehead atoms. The molecule has 0 aliphatic heterocycles. The lowest BCUT2D eigenvalue weighted by Gasteiger charge is -2.14. The summed E-state index contributed by atoms with van der Waals surface area (Å²) in [7, 11) is 0. The van der Waals surface area contributed by atoms with Crippen LogP contribution in [0.25, 0.3) is 309 Å². The Bertz CT molecular complexity index is 11500. The molecule has 0 amide bonds. The van der Waals surface area contributed by atoms with Gasteiger partial charge in [-0.1, -0.05) is 326 Å². The van der Waals surface area contributed by atoms with E-state index in [9.17, 15) is 0 Å². The molecule has 17 heteroatoms. The third kappa shape index (κ3) is 11.9. The first-order valence-electron chi connectivity index (χ1n) is 47.4. The number of furan rings is 3. The lowest BCUT2D eigenvalue weighted by molar-refractivity contribution is 0.653. The predicted octanol–water partition coefficient (Wildman–Crippen LogP) is 36.8. The van der Waals surface area contributed by atoms with Crippen molar-refractivity contribution in [1.29, 1.82) is 0 Å². The summed E-state index contributed by atoms with van der Waals surface area (Å²) < 4.78 is 31.6. The molecule has 0 spiro atoms. The van der Waals surface area contributed by atoms with E-state index in [1.807, 2.05) is 90.2 Å². The van der Waals surface area contributed by atoms with Gasteiger partial charge in [0.05, 0.1) is 59.9 Å². The molecule has 11 heterocycles. The molecule has 143 heavy (non-hydrogen) atoms. The van der Waals surface area contributed by atoms with Gasteiger partial charge in [0.25, 0.3) is 0 Å². The van der Waals surface area contributed by atoms with Crippen molar-refractivity contribution in [2.24, 2.45) is 0 Å². The summed E-state index contributed by atoms with van der Waals surface area (Å²) in [4.78, 5) is 30.0. The Kier molecular flexibility index (Phi) is 17.3. The minimum absolute atomic E-state index is 0.312. The standard InChI is InChI=1S/C48H24ClN3OS2.C44H24ClN3O.C34H18ClN3O/c49-47-43(50-44-31-16-6-9-19-36(31)53-48(44)51-47)34-23-27(24-39-40(34)32-17-7-10-20-37(32)54-39)52-35-18-8-5-15-30(35)41-28-13-3-4-14-29(28)42-33-21-25-11-1-2-12-26(25)22-38(33)55-46(42)45(41)52;45-43-44(47-35-23-29(18-20-34(35)46-43)25-10-2-1-3-11-25)48-36-21-19-26-12-6-7-15-30(26)39(36)40-32-17-9-8-16-31(32)38-33-22-27-13-4-5-14-28(27)24-37(33)49-42(38)41(40)48;35-33-34(37-26-15-7-6-14-25(26)36-33)38-27-16-8-5-13-23(27)29-21-11-3-4-12-22(21)30-24-17-19-9-1-2-10-20(19)18-28(24)39-32(30)31(29)38/h1-24H;1-24H;1-18H. The van der Waals surface area contributed by atoms with Crippen molar-refractivity contribution < 1.29 is 13.3 Å². The monoisotopic (exact) mass is 1920 g/mol. The molecule has 0 aliphatic rings. The van der Waals surface area contributed by atoms with E-state index in [1.165, 1.54) is 78.9 Å². The van der Waals surface area contributed by atoms with Crippen LogP contribution in [0.15, 0.2) is 414 Å². The van der Waals surface area contributed by atoms with Crippen molar-refractivity contribution in [3.8, 4) is 39.7 Å². The second-order valence-corrected chi connectivity index (χ2v) is 40.1. The summed E-state index contributed by atoms with van der Waals surface area (Å²) >= 11 is 24.9. The van der Waals surface area contributed by atoms with Gasteiger partial charge in [-0.2, -0.15) is 4.98 Å². The van der Waals surface area contributed by atoms with E-state index in [0.717, 1.165) is 202 Å². The molecule has 33 rings (SSSR count). The van der Waals surface area contributed by atoms with Crippen LogP contribution in [0, 0.1) is 0 Å². The Hall–Kier alpha value is -17.5. The molecule has 0 N–H and O–H groups in total. The van der Waals surface area contributed by atoms with Crippen LogP contribution in [0.1, 0.15) is 0 Å². The number of nitrogens with zero attached hydrogens (tertiary/aromatic N) is 9. The van der Waals surface area contributed by atoms with E-state index in [4.69, 9.17) is 78.0 Å². The molecule has 33 aromatic rings. The van der Waals surface area contributed by atoms with Gasteiger partial charge in [0.1, 0.15) is 28.0 Å². The van der Waals surface area contributed by atoms with Crippen LogP contribution >= 0.6 is 57.5 Å². The fraction of sp³-hybridized carbons (Fsp3) is 0. The summed E-state index contributed by atoms with van der Waals surface area (Å²) in [6.45, 7) is 0. The maximum Gasteiger partial charge on any atom is 0.247 e. The zero-order valence-corrected chi connectivity index (χ0v) is 79.2. The van der Waals surface area contributed by atoms with Crippen LogP contribution in [0.4, 0.5) is 0 Å². The highest BCUT2D eigenvalue weighted by Gasteiger charge is 2.32. The van der Waals surface area contributed by atoms with Crippen LogP contribution < -0.4 is 0 Å². The first-order chi connectivity index (χ1) is 70.6. The van der Waals surface area contributed by atoms with Gasteiger partial charge >= 0.3 is 0 Å². The third-order valence-electron chi connectivity index (χ3n) is 29.1. The average Bonchev–Trinajstić information content (AvgIpc) is 1.53. The fourth-order valence-electron chi connectivity index (χ4n) is 23.0. The lowest BCUT2D eigenvalue weighted by atomic mass is 9.96. The zero-order chi connectivity index (χ0) is 93.8. The number of fused-ring (bicyclic) bond motifs is 43. The number of rotatable bonds is 5.